The third-order valence-corrected chi connectivity index (χ3v) is 5.37. The third kappa shape index (κ3) is 3.14. The minimum absolute atomic E-state index is 0.0644. The molecule has 0 radical (unpaired) electrons. The summed E-state index contributed by atoms with van der Waals surface area (Å²) in [5.41, 5.74) is 1.00. The topological polar surface area (TPSA) is 50.5 Å². The molecule has 4 nitrogen and oxygen atoms in total. The van der Waals surface area contributed by atoms with Crippen molar-refractivity contribution < 1.29 is 13.4 Å². The monoisotopic (exact) mass is 317 g/mol. The molecule has 2 heterocycles. The predicted molar refractivity (Wildman–Crippen MR) is 85.1 cm³/mol. The molecule has 1 aliphatic heterocycles. The number of amides is 1. The second kappa shape index (κ2) is 6.48. The Morgan fingerprint density at radius 2 is 1.91 bits per heavy atom. The van der Waals surface area contributed by atoms with Crippen LogP contribution in [0.15, 0.2) is 45.7 Å². The first kappa shape index (κ1) is 15.0. The number of aryl methyl sites for hydroxylation is 1. The SMILES string of the molecule is Cc1ccccc1S(=O)Cc1ccc(C(=O)N2CCCC2)o1. The number of benzene rings is 1. The van der Waals surface area contributed by atoms with Gasteiger partial charge in [-0.25, -0.2) is 0 Å². The lowest BCUT2D eigenvalue weighted by atomic mass is 10.2. The number of furan rings is 1. The lowest BCUT2D eigenvalue weighted by Crippen LogP contribution is -2.27. The van der Waals surface area contributed by atoms with E-state index in [-0.39, 0.29) is 11.7 Å². The summed E-state index contributed by atoms with van der Waals surface area (Å²) in [6, 6.07) is 11.0. The van der Waals surface area contributed by atoms with Crippen LogP contribution in [0.3, 0.4) is 0 Å². The molecule has 1 aromatic carbocycles. The molecule has 0 bridgehead atoms. The molecule has 0 saturated carbocycles. The normalized spacial score (nSPS) is 16.0. The van der Waals surface area contributed by atoms with Crippen molar-refractivity contribution in [2.24, 2.45) is 0 Å². The lowest BCUT2D eigenvalue weighted by Gasteiger charge is -2.12. The molecule has 1 amide bonds. The van der Waals surface area contributed by atoms with Crippen LogP contribution < -0.4 is 0 Å². The fraction of sp³-hybridized carbons (Fsp3) is 0.353. The molecule has 1 unspecified atom stereocenters. The Labute approximate surface area is 132 Å². The molecule has 0 spiro atoms. The highest BCUT2D eigenvalue weighted by Gasteiger charge is 2.22. The second-order valence-corrected chi connectivity index (χ2v) is 6.94. The summed E-state index contributed by atoms with van der Waals surface area (Å²) >= 11 is 0. The molecular formula is C17H19NO3S. The van der Waals surface area contributed by atoms with Crippen LogP contribution >= 0.6 is 0 Å². The average Bonchev–Trinajstić information content (AvgIpc) is 3.18. The number of carbonyl (C=O) groups is 1. The summed E-state index contributed by atoms with van der Waals surface area (Å²) in [6.07, 6.45) is 2.10. The largest absolute Gasteiger partial charge is 0.455 e. The molecule has 1 aliphatic rings. The van der Waals surface area contributed by atoms with Crippen LogP contribution in [0.4, 0.5) is 0 Å². The van der Waals surface area contributed by atoms with Crippen LogP contribution in [0.25, 0.3) is 0 Å². The quantitative estimate of drug-likeness (QED) is 0.870. The third-order valence-electron chi connectivity index (χ3n) is 3.88. The van der Waals surface area contributed by atoms with Crippen LogP contribution in [-0.2, 0) is 16.6 Å². The van der Waals surface area contributed by atoms with Gasteiger partial charge in [-0.15, -0.1) is 0 Å². The summed E-state index contributed by atoms with van der Waals surface area (Å²) in [5.74, 6) is 1.16. The smallest absolute Gasteiger partial charge is 0.289 e. The predicted octanol–water partition coefficient (Wildman–Crippen LogP) is 3.13. The molecule has 1 saturated heterocycles. The molecule has 1 fully saturated rings. The van der Waals surface area contributed by atoms with Gasteiger partial charge in [-0.05, 0) is 43.5 Å². The maximum Gasteiger partial charge on any atom is 0.289 e. The van der Waals surface area contributed by atoms with Crippen molar-refractivity contribution in [1.82, 2.24) is 4.90 Å². The molecule has 2 aromatic rings. The number of hydrogen-bond donors (Lipinski definition) is 0. The van der Waals surface area contributed by atoms with E-state index in [0.717, 1.165) is 36.4 Å². The molecule has 22 heavy (non-hydrogen) atoms. The van der Waals surface area contributed by atoms with Crippen molar-refractivity contribution in [3.63, 3.8) is 0 Å². The average molecular weight is 317 g/mol. The maximum atomic E-state index is 12.4. The molecule has 3 rings (SSSR count). The summed E-state index contributed by atoms with van der Waals surface area (Å²) in [6.45, 7) is 3.53. The van der Waals surface area contributed by atoms with Gasteiger partial charge < -0.3 is 9.32 Å². The molecular weight excluding hydrogens is 298 g/mol. The highest BCUT2D eigenvalue weighted by molar-refractivity contribution is 7.84. The van der Waals surface area contributed by atoms with Gasteiger partial charge in [0.25, 0.3) is 5.91 Å². The van der Waals surface area contributed by atoms with Crippen molar-refractivity contribution in [1.29, 1.82) is 0 Å². The molecule has 1 aromatic heterocycles. The number of hydrogen-bond acceptors (Lipinski definition) is 3. The van der Waals surface area contributed by atoms with Crippen LogP contribution in [0, 0.1) is 6.92 Å². The zero-order valence-corrected chi connectivity index (χ0v) is 13.4. The van der Waals surface area contributed by atoms with E-state index in [1.54, 1.807) is 17.0 Å². The number of rotatable bonds is 4. The van der Waals surface area contributed by atoms with Crippen molar-refractivity contribution in [2.45, 2.75) is 30.4 Å². The van der Waals surface area contributed by atoms with E-state index in [1.807, 2.05) is 31.2 Å². The fourth-order valence-electron chi connectivity index (χ4n) is 2.67. The summed E-state index contributed by atoms with van der Waals surface area (Å²) in [7, 11) is -1.17. The Morgan fingerprint density at radius 1 is 1.18 bits per heavy atom. The molecule has 1 atom stereocenters. The van der Waals surface area contributed by atoms with E-state index in [9.17, 15) is 9.00 Å². The van der Waals surface area contributed by atoms with Crippen LogP contribution in [0.1, 0.15) is 34.7 Å². The maximum absolute atomic E-state index is 12.4. The van der Waals surface area contributed by atoms with E-state index in [0.29, 0.717) is 11.5 Å². The van der Waals surface area contributed by atoms with Gasteiger partial charge in [0.05, 0.1) is 16.6 Å². The van der Waals surface area contributed by atoms with Gasteiger partial charge in [-0.1, -0.05) is 18.2 Å². The number of nitrogens with zero attached hydrogens (tertiary/aromatic N) is 1. The van der Waals surface area contributed by atoms with Crippen LogP contribution in [0.5, 0.6) is 0 Å². The van der Waals surface area contributed by atoms with E-state index in [1.165, 1.54) is 0 Å². The van der Waals surface area contributed by atoms with Gasteiger partial charge in [0.1, 0.15) is 5.76 Å². The van der Waals surface area contributed by atoms with E-state index >= 15 is 0 Å². The number of carbonyl (C=O) groups excluding carboxylic acids is 1. The highest BCUT2D eigenvalue weighted by atomic mass is 32.2. The first-order valence-electron chi connectivity index (χ1n) is 7.47. The first-order chi connectivity index (χ1) is 10.6. The molecule has 5 heteroatoms. The van der Waals surface area contributed by atoms with Gasteiger partial charge in [0.2, 0.25) is 0 Å². The Balaban J connectivity index is 1.70. The van der Waals surface area contributed by atoms with Gasteiger partial charge >= 0.3 is 0 Å². The van der Waals surface area contributed by atoms with E-state index < -0.39 is 10.8 Å². The Hall–Kier alpha value is -1.88. The molecule has 116 valence electrons. The van der Waals surface area contributed by atoms with Gasteiger partial charge in [-0.3, -0.25) is 9.00 Å². The van der Waals surface area contributed by atoms with Crippen LogP contribution in [-0.4, -0.2) is 28.1 Å². The Kier molecular flexibility index (Phi) is 4.43. The van der Waals surface area contributed by atoms with Crippen molar-refractivity contribution in [3.8, 4) is 0 Å². The first-order valence-corrected chi connectivity index (χ1v) is 8.79. The van der Waals surface area contributed by atoms with Crippen LogP contribution in [0.2, 0.25) is 0 Å². The standard InChI is InChI=1S/C17H19NO3S/c1-13-6-2-3-7-16(13)22(20)12-14-8-9-15(21-14)17(19)18-10-4-5-11-18/h2-3,6-9H,4-5,10-12H2,1H3. The zero-order chi connectivity index (χ0) is 15.5. The van der Waals surface area contributed by atoms with Gasteiger partial charge in [0.15, 0.2) is 5.76 Å². The minimum atomic E-state index is -1.17. The molecule has 0 aliphatic carbocycles. The fourth-order valence-corrected chi connectivity index (χ4v) is 3.89. The Morgan fingerprint density at radius 3 is 2.64 bits per heavy atom. The van der Waals surface area contributed by atoms with Crippen molar-refractivity contribution in [2.75, 3.05) is 13.1 Å². The zero-order valence-electron chi connectivity index (χ0n) is 12.6. The summed E-state index contributed by atoms with van der Waals surface area (Å²) in [4.78, 5) is 14.8. The van der Waals surface area contributed by atoms with Crippen molar-refractivity contribution in [3.05, 3.63) is 53.5 Å². The minimum Gasteiger partial charge on any atom is -0.455 e. The van der Waals surface area contributed by atoms with Crippen molar-refractivity contribution >= 4 is 16.7 Å². The second-order valence-electron chi connectivity index (χ2n) is 5.52. The number of likely N-dealkylation sites (tertiary alicyclic amines) is 1. The van der Waals surface area contributed by atoms with Gasteiger partial charge in [-0.2, -0.15) is 0 Å². The summed E-state index contributed by atoms with van der Waals surface area (Å²) in [5, 5.41) is 0. The molecule has 0 N–H and O–H groups in total. The van der Waals surface area contributed by atoms with Gasteiger partial charge in [0, 0.05) is 18.0 Å². The van der Waals surface area contributed by atoms with E-state index in [2.05, 4.69) is 0 Å². The Bertz CT molecular complexity index is 701. The summed E-state index contributed by atoms with van der Waals surface area (Å²) < 4.78 is 18.0. The lowest BCUT2D eigenvalue weighted by molar-refractivity contribution is 0.0759. The highest BCUT2D eigenvalue weighted by Crippen LogP contribution is 2.19. The van der Waals surface area contributed by atoms with E-state index in [4.69, 9.17) is 4.42 Å².